The number of dihydropyridines is 1. The molecule has 2 aliphatic heterocycles. The zero-order chi connectivity index (χ0) is 23.9. The van der Waals surface area contributed by atoms with Crippen LogP contribution in [0.5, 0.6) is 23.0 Å². The highest BCUT2D eigenvalue weighted by molar-refractivity contribution is 5.75. The monoisotopic (exact) mass is 465 g/mol. The van der Waals surface area contributed by atoms with Crippen LogP contribution < -0.4 is 34.5 Å². The minimum absolute atomic E-state index is 0.443. The summed E-state index contributed by atoms with van der Waals surface area (Å²) in [7, 11) is 6.65. The van der Waals surface area contributed by atoms with Crippen molar-refractivity contribution in [1.82, 2.24) is 10.6 Å². The summed E-state index contributed by atoms with van der Waals surface area (Å²) in [4.78, 5) is 2.49. The van der Waals surface area contributed by atoms with Gasteiger partial charge < -0.3 is 34.5 Å². The Labute approximate surface area is 202 Å². The minimum atomic E-state index is 0.443. The first-order valence-electron chi connectivity index (χ1n) is 11.7. The van der Waals surface area contributed by atoms with Crippen molar-refractivity contribution in [2.75, 3.05) is 59.5 Å². The molecule has 2 heterocycles. The Bertz CT molecular complexity index is 1020. The number of ether oxygens (including phenoxy) is 4. The summed E-state index contributed by atoms with van der Waals surface area (Å²) in [5.74, 6) is 2.81. The molecule has 2 N–H and O–H groups in total. The van der Waals surface area contributed by atoms with E-state index in [2.05, 4.69) is 39.9 Å². The Morgan fingerprint density at radius 2 is 1.56 bits per heavy atom. The van der Waals surface area contributed by atoms with Crippen molar-refractivity contribution < 1.29 is 18.9 Å². The van der Waals surface area contributed by atoms with Crippen LogP contribution in [0, 0.1) is 0 Å². The van der Waals surface area contributed by atoms with Gasteiger partial charge in [0.15, 0.2) is 11.5 Å². The molecule has 7 heteroatoms. The van der Waals surface area contributed by atoms with Gasteiger partial charge in [0.25, 0.3) is 0 Å². The maximum absolute atomic E-state index is 5.72. The number of hydrogen-bond donors (Lipinski definition) is 2. The van der Waals surface area contributed by atoms with Gasteiger partial charge in [0.1, 0.15) is 5.75 Å². The molecule has 1 saturated heterocycles. The lowest BCUT2D eigenvalue weighted by Crippen LogP contribution is -2.44. The summed E-state index contributed by atoms with van der Waals surface area (Å²) in [6.45, 7) is 3.57. The summed E-state index contributed by atoms with van der Waals surface area (Å²) in [6.07, 6.45) is 6.58. The Hall–Kier alpha value is -3.32. The second-order valence-corrected chi connectivity index (χ2v) is 8.46. The molecule has 0 spiro atoms. The Kier molecular flexibility index (Phi) is 7.85. The zero-order valence-electron chi connectivity index (χ0n) is 20.5. The summed E-state index contributed by atoms with van der Waals surface area (Å²) in [5.41, 5.74) is 4.55. The van der Waals surface area contributed by atoms with Gasteiger partial charge in [0.05, 0.1) is 34.1 Å². The number of para-hydroxylation sites is 2. The van der Waals surface area contributed by atoms with E-state index in [4.69, 9.17) is 18.9 Å². The fourth-order valence-electron chi connectivity index (χ4n) is 4.74. The predicted octanol–water partition coefficient (Wildman–Crippen LogP) is 3.85. The van der Waals surface area contributed by atoms with E-state index in [9.17, 15) is 0 Å². The topological polar surface area (TPSA) is 64.2 Å². The van der Waals surface area contributed by atoms with E-state index < -0.39 is 0 Å². The molecule has 0 aromatic heterocycles. The van der Waals surface area contributed by atoms with Gasteiger partial charge in [0.2, 0.25) is 5.75 Å². The first kappa shape index (κ1) is 23.8. The van der Waals surface area contributed by atoms with E-state index >= 15 is 0 Å². The number of hydrogen-bond acceptors (Lipinski definition) is 7. The number of benzene rings is 2. The third-order valence-electron chi connectivity index (χ3n) is 6.47. The summed E-state index contributed by atoms with van der Waals surface area (Å²) >= 11 is 0. The molecule has 1 fully saturated rings. The Balaban J connectivity index is 1.65. The van der Waals surface area contributed by atoms with Crippen LogP contribution in [-0.2, 0) is 0 Å². The minimum Gasteiger partial charge on any atom is -0.495 e. The Morgan fingerprint density at radius 3 is 2.21 bits per heavy atom. The standard InChI is InChI=1S/C27H35N3O4/c1-31-24-8-6-5-7-23(24)30(22-9-11-28-12-10-22)18-19-13-21(17-29-16-19)20-14-25(32-2)27(34-4)26(15-20)33-3/h5-8,13-16,22,28-29H,9-12,17-18H2,1-4H3. The van der Waals surface area contributed by atoms with Gasteiger partial charge in [-0.05, 0) is 66.9 Å². The summed E-state index contributed by atoms with van der Waals surface area (Å²) < 4.78 is 22.4. The molecule has 0 bridgehead atoms. The fraction of sp³-hybridized carbons (Fsp3) is 0.407. The molecule has 2 aromatic carbocycles. The molecule has 0 saturated carbocycles. The maximum Gasteiger partial charge on any atom is 0.203 e. The number of anilines is 1. The lowest BCUT2D eigenvalue weighted by Gasteiger charge is -2.38. The first-order chi connectivity index (χ1) is 16.7. The molecule has 2 aromatic rings. The van der Waals surface area contributed by atoms with E-state index in [0.717, 1.165) is 56.0 Å². The number of rotatable bonds is 9. The van der Waals surface area contributed by atoms with Crippen LogP contribution in [-0.4, -0.2) is 60.7 Å². The molecule has 182 valence electrons. The third kappa shape index (κ3) is 5.09. The van der Waals surface area contributed by atoms with Crippen LogP contribution in [0.1, 0.15) is 18.4 Å². The van der Waals surface area contributed by atoms with E-state index in [1.807, 2.05) is 24.3 Å². The largest absolute Gasteiger partial charge is 0.495 e. The first-order valence-corrected chi connectivity index (χ1v) is 11.7. The van der Waals surface area contributed by atoms with E-state index in [-0.39, 0.29) is 0 Å². The number of methoxy groups -OCH3 is 4. The predicted molar refractivity (Wildman–Crippen MR) is 136 cm³/mol. The highest BCUT2D eigenvalue weighted by atomic mass is 16.5. The third-order valence-corrected chi connectivity index (χ3v) is 6.47. The average Bonchev–Trinajstić information content (AvgIpc) is 2.91. The molecule has 0 radical (unpaired) electrons. The molecule has 0 atom stereocenters. The number of nitrogens with one attached hydrogen (secondary N) is 2. The van der Waals surface area contributed by atoms with Crippen LogP contribution in [0.25, 0.3) is 5.57 Å². The average molecular weight is 466 g/mol. The zero-order valence-corrected chi connectivity index (χ0v) is 20.5. The van der Waals surface area contributed by atoms with Crippen molar-refractivity contribution >= 4 is 11.3 Å². The van der Waals surface area contributed by atoms with Crippen LogP contribution >= 0.6 is 0 Å². The summed E-state index contributed by atoms with van der Waals surface area (Å²) in [5, 5.41) is 6.94. The van der Waals surface area contributed by atoms with Gasteiger partial charge in [-0.3, -0.25) is 0 Å². The van der Waals surface area contributed by atoms with Gasteiger partial charge in [-0.25, -0.2) is 0 Å². The molecule has 0 aliphatic carbocycles. The van der Waals surface area contributed by atoms with Gasteiger partial charge in [-0.15, -0.1) is 0 Å². The lowest BCUT2D eigenvalue weighted by molar-refractivity contribution is 0.324. The summed E-state index contributed by atoms with van der Waals surface area (Å²) in [6, 6.07) is 12.7. The van der Waals surface area contributed by atoms with E-state index in [1.165, 1.54) is 11.1 Å². The van der Waals surface area contributed by atoms with Crippen LogP contribution in [0.2, 0.25) is 0 Å². The SMILES string of the molecule is COc1ccccc1N(CC1=CNCC(c2cc(OC)c(OC)c(OC)c2)=C1)C1CCNCC1. The highest BCUT2D eigenvalue weighted by Gasteiger charge is 2.25. The quantitative estimate of drug-likeness (QED) is 0.583. The molecule has 2 aliphatic rings. The van der Waals surface area contributed by atoms with Gasteiger partial charge in [0, 0.05) is 25.3 Å². The van der Waals surface area contributed by atoms with Crippen molar-refractivity contribution in [3.8, 4) is 23.0 Å². The van der Waals surface area contributed by atoms with Crippen LogP contribution in [0.15, 0.2) is 54.2 Å². The molecule has 7 nitrogen and oxygen atoms in total. The van der Waals surface area contributed by atoms with E-state index in [1.54, 1.807) is 28.4 Å². The van der Waals surface area contributed by atoms with Gasteiger partial charge in [-0.1, -0.05) is 18.2 Å². The molecule has 0 amide bonds. The van der Waals surface area contributed by atoms with Crippen molar-refractivity contribution in [1.29, 1.82) is 0 Å². The van der Waals surface area contributed by atoms with E-state index in [0.29, 0.717) is 23.3 Å². The molecular weight excluding hydrogens is 430 g/mol. The van der Waals surface area contributed by atoms with Crippen LogP contribution in [0.4, 0.5) is 5.69 Å². The second kappa shape index (κ2) is 11.2. The number of nitrogens with zero attached hydrogens (tertiary/aromatic N) is 1. The normalized spacial score (nSPS) is 16.1. The molecule has 0 unspecified atom stereocenters. The van der Waals surface area contributed by atoms with Crippen molar-refractivity contribution in [2.24, 2.45) is 0 Å². The van der Waals surface area contributed by atoms with Gasteiger partial charge in [-0.2, -0.15) is 0 Å². The van der Waals surface area contributed by atoms with Crippen molar-refractivity contribution in [2.45, 2.75) is 18.9 Å². The van der Waals surface area contributed by atoms with Crippen molar-refractivity contribution in [3.05, 3.63) is 59.8 Å². The van der Waals surface area contributed by atoms with Gasteiger partial charge >= 0.3 is 0 Å². The highest BCUT2D eigenvalue weighted by Crippen LogP contribution is 2.40. The smallest absolute Gasteiger partial charge is 0.203 e. The molecular formula is C27H35N3O4. The molecule has 4 rings (SSSR count). The molecule has 34 heavy (non-hydrogen) atoms. The number of piperidine rings is 1. The lowest BCUT2D eigenvalue weighted by atomic mass is 9.98. The fourth-order valence-corrected chi connectivity index (χ4v) is 4.74. The second-order valence-electron chi connectivity index (χ2n) is 8.46. The maximum atomic E-state index is 5.72. The Morgan fingerprint density at radius 1 is 0.882 bits per heavy atom. The van der Waals surface area contributed by atoms with Crippen LogP contribution in [0.3, 0.4) is 0 Å². The van der Waals surface area contributed by atoms with Crippen molar-refractivity contribution in [3.63, 3.8) is 0 Å².